The van der Waals surface area contributed by atoms with E-state index in [9.17, 15) is 9.59 Å². The van der Waals surface area contributed by atoms with Gasteiger partial charge in [-0.15, -0.1) is 11.8 Å². The van der Waals surface area contributed by atoms with Crippen molar-refractivity contribution < 1.29 is 19.1 Å². The molecule has 40 heavy (non-hydrogen) atoms. The Bertz CT molecular complexity index is 1490. The average Bonchev–Trinajstić information content (AvgIpc) is 3.33. The van der Waals surface area contributed by atoms with E-state index in [1.807, 2.05) is 85.8 Å². The molecule has 0 spiro atoms. The first-order valence-electron chi connectivity index (χ1n) is 13.2. The second-order valence-electron chi connectivity index (χ2n) is 9.32. The first-order chi connectivity index (χ1) is 19.5. The van der Waals surface area contributed by atoms with Crippen molar-refractivity contribution in [2.45, 2.75) is 18.6 Å². The van der Waals surface area contributed by atoms with Crippen molar-refractivity contribution >= 4 is 29.4 Å². The lowest BCUT2D eigenvalue weighted by atomic mass is 9.99. The number of carbonyl (C=O) groups excluding carboxylic acids is 2. The Hall–Kier alpha value is -4.24. The highest BCUT2D eigenvalue weighted by molar-refractivity contribution is 8.00. The summed E-state index contributed by atoms with van der Waals surface area (Å²) in [6, 6.07) is 25.3. The van der Waals surface area contributed by atoms with Crippen molar-refractivity contribution in [3.63, 3.8) is 0 Å². The van der Waals surface area contributed by atoms with Crippen molar-refractivity contribution in [3.05, 3.63) is 90.0 Å². The Labute approximate surface area is 238 Å². The number of fused-ring (bicyclic) bond motifs is 1. The van der Waals surface area contributed by atoms with Crippen LogP contribution in [0.5, 0.6) is 11.5 Å². The van der Waals surface area contributed by atoms with Crippen LogP contribution in [0.4, 0.5) is 5.82 Å². The van der Waals surface area contributed by atoms with Gasteiger partial charge in [-0.05, 0) is 36.8 Å². The zero-order chi connectivity index (χ0) is 28.1. The molecule has 1 N–H and O–H groups in total. The molecule has 1 aliphatic heterocycles. The van der Waals surface area contributed by atoms with E-state index < -0.39 is 0 Å². The Kier molecular flexibility index (Phi) is 8.40. The van der Waals surface area contributed by atoms with Gasteiger partial charge in [0.2, 0.25) is 11.8 Å². The Morgan fingerprint density at radius 2 is 1.73 bits per heavy atom. The standard InChI is InChI=1S/C31H32N4O4S/c1-4-18-32-26(36)19-34-27(37)20-40-30(24-12-8-9-13-25(24)39-3)28-29(21-10-6-5-7-11-21)33-35(31(28)34)22-14-16-23(38-2)17-15-22/h5-17,30H,4,18-20H2,1-3H3,(H,32,36)/t30-/m0/s1. The van der Waals surface area contributed by atoms with E-state index in [0.29, 0.717) is 18.1 Å². The number of methoxy groups -OCH3 is 2. The molecule has 8 nitrogen and oxygen atoms in total. The number of benzene rings is 3. The number of nitrogens with zero attached hydrogens (tertiary/aromatic N) is 3. The lowest BCUT2D eigenvalue weighted by molar-refractivity contribution is -0.122. The second-order valence-corrected chi connectivity index (χ2v) is 10.4. The fourth-order valence-corrected chi connectivity index (χ4v) is 6.05. The van der Waals surface area contributed by atoms with Gasteiger partial charge in [-0.25, -0.2) is 4.68 Å². The van der Waals surface area contributed by atoms with Crippen LogP contribution < -0.4 is 19.7 Å². The van der Waals surface area contributed by atoms with E-state index >= 15 is 0 Å². The van der Waals surface area contributed by atoms with Crippen LogP contribution in [0.3, 0.4) is 0 Å². The molecule has 1 aliphatic rings. The fourth-order valence-electron chi connectivity index (χ4n) is 4.82. The summed E-state index contributed by atoms with van der Waals surface area (Å²) < 4.78 is 12.9. The van der Waals surface area contributed by atoms with Crippen LogP contribution in [0.1, 0.15) is 29.7 Å². The number of hydrogen-bond acceptors (Lipinski definition) is 6. The quantitative estimate of drug-likeness (QED) is 0.303. The molecule has 1 aromatic heterocycles. The molecule has 2 amide bonds. The number of ether oxygens (including phenoxy) is 2. The van der Waals surface area contributed by atoms with Gasteiger partial charge in [0, 0.05) is 23.2 Å². The molecule has 2 heterocycles. The van der Waals surface area contributed by atoms with Crippen molar-refractivity contribution in [2.75, 3.05) is 38.0 Å². The minimum Gasteiger partial charge on any atom is -0.497 e. The van der Waals surface area contributed by atoms with Crippen LogP contribution in [-0.2, 0) is 9.59 Å². The maximum Gasteiger partial charge on any atom is 0.240 e. The van der Waals surface area contributed by atoms with Crippen molar-refractivity contribution in [2.24, 2.45) is 0 Å². The lowest BCUT2D eigenvalue weighted by Crippen LogP contribution is -2.42. The molecule has 0 saturated heterocycles. The largest absolute Gasteiger partial charge is 0.497 e. The third-order valence-corrected chi connectivity index (χ3v) is 7.99. The normalized spacial score (nSPS) is 14.8. The van der Waals surface area contributed by atoms with E-state index in [1.165, 1.54) is 11.8 Å². The van der Waals surface area contributed by atoms with E-state index in [0.717, 1.165) is 40.2 Å². The van der Waals surface area contributed by atoms with Crippen LogP contribution in [0.2, 0.25) is 0 Å². The molecule has 0 saturated carbocycles. The van der Waals surface area contributed by atoms with E-state index in [1.54, 1.807) is 23.8 Å². The number of aromatic nitrogens is 2. The predicted octanol–water partition coefficient (Wildman–Crippen LogP) is 5.25. The monoisotopic (exact) mass is 556 g/mol. The van der Waals surface area contributed by atoms with E-state index in [-0.39, 0.29) is 29.4 Å². The van der Waals surface area contributed by atoms with Gasteiger partial charge in [-0.3, -0.25) is 14.5 Å². The minimum atomic E-state index is -0.277. The molecule has 0 fully saturated rings. The summed E-state index contributed by atoms with van der Waals surface area (Å²) in [6.45, 7) is 2.43. The van der Waals surface area contributed by atoms with Gasteiger partial charge in [0.25, 0.3) is 0 Å². The third kappa shape index (κ3) is 5.42. The van der Waals surface area contributed by atoms with Gasteiger partial charge < -0.3 is 14.8 Å². The number of para-hydroxylation sites is 1. The summed E-state index contributed by atoms with van der Waals surface area (Å²) in [6.07, 6.45) is 0.804. The van der Waals surface area contributed by atoms with Gasteiger partial charge in [0.1, 0.15) is 23.9 Å². The highest BCUT2D eigenvalue weighted by Gasteiger charge is 2.38. The summed E-state index contributed by atoms with van der Waals surface area (Å²) in [5.41, 5.74) is 4.19. The number of amides is 2. The Morgan fingerprint density at radius 3 is 2.42 bits per heavy atom. The molecule has 9 heteroatoms. The molecular weight excluding hydrogens is 524 g/mol. The fraction of sp³-hybridized carbons (Fsp3) is 0.258. The maximum atomic E-state index is 13.8. The maximum absolute atomic E-state index is 13.8. The van der Waals surface area contributed by atoms with Gasteiger partial charge in [-0.1, -0.05) is 55.5 Å². The van der Waals surface area contributed by atoms with Crippen molar-refractivity contribution in [1.29, 1.82) is 0 Å². The lowest BCUT2D eigenvalue weighted by Gasteiger charge is -2.23. The average molecular weight is 557 g/mol. The molecule has 5 rings (SSSR count). The SMILES string of the molecule is CCCNC(=O)CN1C(=O)CS[C@@H](c2ccccc2OC)c2c(-c3ccccc3)nn(-c3ccc(OC)cc3)c21. The van der Waals surface area contributed by atoms with E-state index in [2.05, 4.69) is 5.32 Å². The van der Waals surface area contributed by atoms with Crippen LogP contribution in [0.25, 0.3) is 16.9 Å². The highest BCUT2D eigenvalue weighted by Crippen LogP contribution is 2.50. The molecule has 0 aliphatic carbocycles. The van der Waals surface area contributed by atoms with E-state index in [4.69, 9.17) is 14.6 Å². The summed E-state index contributed by atoms with van der Waals surface area (Å²) >= 11 is 1.51. The highest BCUT2D eigenvalue weighted by atomic mass is 32.2. The number of rotatable bonds is 9. The zero-order valence-electron chi connectivity index (χ0n) is 22.8. The first kappa shape index (κ1) is 27.3. The molecular formula is C31H32N4O4S. The van der Waals surface area contributed by atoms with Gasteiger partial charge in [0.15, 0.2) is 0 Å². The summed E-state index contributed by atoms with van der Waals surface area (Å²) in [5.74, 6) is 1.81. The Morgan fingerprint density at radius 1 is 1.00 bits per heavy atom. The smallest absolute Gasteiger partial charge is 0.240 e. The number of hydrogen-bond donors (Lipinski definition) is 1. The molecule has 1 atom stereocenters. The minimum absolute atomic E-state index is 0.110. The number of thioether (sulfide) groups is 1. The number of anilines is 1. The molecule has 0 unspecified atom stereocenters. The van der Waals surface area contributed by atoms with Crippen LogP contribution in [-0.4, -0.2) is 54.7 Å². The number of carbonyl (C=O) groups is 2. The zero-order valence-corrected chi connectivity index (χ0v) is 23.6. The van der Waals surface area contributed by atoms with Crippen molar-refractivity contribution in [1.82, 2.24) is 15.1 Å². The molecule has 206 valence electrons. The van der Waals surface area contributed by atoms with Gasteiger partial charge >= 0.3 is 0 Å². The van der Waals surface area contributed by atoms with Crippen molar-refractivity contribution in [3.8, 4) is 28.4 Å². The van der Waals surface area contributed by atoms with Gasteiger partial charge in [0.05, 0.1) is 36.6 Å². The number of nitrogens with one attached hydrogen (secondary N) is 1. The van der Waals surface area contributed by atoms with Crippen LogP contribution >= 0.6 is 11.8 Å². The molecule has 0 radical (unpaired) electrons. The first-order valence-corrected chi connectivity index (χ1v) is 14.2. The summed E-state index contributed by atoms with van der Waals surface area (Å²) in [4.78, 5) is 28.4. The Balaban J connectivity index is 1.79. The topological polar surface area (TPSA) is 85.7 Å². The summed E-state index contributed by atoms with van der Waals surface area (Å²) in [5, 5.41) is 7.75. The van der Waals surface area contributed by atoms with Crippen LogP contribution in [0.15, 0.2) is 78.9 Å². The molecule has 0 bridgehead atoms. The third-order valence-electron chi connectivity index (χ3n) is 6.75. The van der Waals surface area contributed by atoms with Crippen LogP contribution in [0, 0.1) is 0 Å². The molecule has 3 aromatic carbocycles. The molecule has 4 aromatic rings. The van der Waals surface area contributed by atoms with Gasteiger partial charge in [-0.2, -0.15) is 5.10 Å². The second kappa shape index (κ2) is 12.3. The predicted molar refractivity (Wildman–Crippen MR) is 159 cm³/mol. The summed E-state index contributed by atoms with van der Waals surface area (Å²) in [7, 11) is 3.27.